The van der Waals surface area contributed by atoms with Gasteiger partial charge in [-0.3, -0.25) is 4.79 Å². The fourth-order valence-electron chi connectivity index (χ4n) is 1.61. The first-order valence-electron chi connectivity index (χ1n) is 6.33. The number of benzene rings is 1. The molecular formula is C14H19N3O4. The number of carboxylic acids is 1. The molecule has 1 aromatic carbocycles. The summed E-state index contributed by atoms with van der Waals surface area (Å²) >= 11 is 0. The van der Waals surface area contributed by atoms with Gasteiger partial charge < -0.3 is 21.5 Å². The third-order valence-electron chi connectivity index (χ3n) is 3.09. The summed E-state index contributed by atoms with van der Waals surface area (Å²) in [7, 11) is 0. The van der Waals surface area contributed by atoms with Gasteiger partial charge in [-0.1, -0.05) is 12.1 Å². The molecule has 114 valence electrons. The summed E-state index contributed by atoms with van der Waals surface area (Å²) in [5.41, 5.74) is 5.08. The van der Waals surface area contributed by atoms with E-state index in [0.717, 1.165) is 0 Å². The molecule has 0 atom stereocenters. The normalized spacial score (nSPS) is 10.8. The molecule has 21 heavy (non-hydrogen) atoms. The molecule has 0 radical (unpaired) electrons. The Morgan fingerprint density at radius 1 is 1.29 bits per heavy atom. The second-order valence-corrected chi connectivity index (χ2v) is 5.36. The van der Waals surface area contributed by atoms with Crippen LogP contribution < -0.4 is 16.4 Å². The van der Waals surface area contributed by atoms with Gasteiger partial charge in [0.2, 0.25) is 5.91 Å². The second-order valence-electron chi connectivity index (χ2n) is 5.36. The first-order chi connectivity index (χ1) is 9.65. The van der Waals surface area contributed by atoms with E-state index in [-0.39, 0.29) is 17.8 Å². The van der Waals surface area contributed by atoms with Gasteiger partial charge in [0.25, 0.3) is 0 Å². The Kier molecular flexibility index (Phi) is 4.91. The summed E-state index contributed by atoms with van der Waals surface area (Å²) in [6.07, 6.45) is 0. The third-order valence-corrected chi connectivity index (χ3v) is 3.09. The minimum atomic E-state index is -1.12. The zero-order valence-corrected chi connectivity index (χ0v) is 12.2. The molecule has 0 bridgehead atoms. The maximum Gasteiger partial charge on any atom is 0.338 e. The van der Waals surface area contributed by atoms with Crippen LogP contribution in [0.1, 0.15) is 29.8 Å². The number of hydrogen-bond acceptors (Lipinski definition) is 3. The Morgan fingerprint density at radius 3 is 2.43 bits per heavy atom. The van der Waals surface area contributed by atoms with Crippen LogP contribution in [0.2, 0.25) is 0 Å². The predicted molar refractivity (Wildman–Crippen MR) is 78.1 cm³/mol. The number of aryl methyl sites for hydroxylation is 1. The molecule has 0 spiro atoms. The van der Waals surface area contributed by atoms with Crippen LogP contribution in [-0.2, 0) is 4.79 Å². The average Bonchev–Trinajstić information content (AvgIpc) is 2.36. The highest BCUT2D eigenvalue weighted by molar-refractivity contribution is 6.01. The van der Waals surface area contributed by atoms with Gasteiger partial charge >= 0.3 is 12.0 Å². The van der Waals surface area contributed by atoms with Crippen molar-refractivity contribution in [3.63, 3.8) is 0 Å². The van der Waals surface area contributed by atoms with E-state index in [9.17, 15) is 14.4 Å². The van der Waals surface area contributed by atoms with E-state index in [1.807, 2.05) is 0 Å². The van der Waals surface area contributed by atoms with Crippen LogP contribution in [0.25, 0.3) is 0 Å². The number of primary amides is 1. The maximum atomic E-state index is 11.8. The molecule has 0 fully saturated rings. The fraction of sp³-hybridized carbons (Fsp3) is 0.357. The first kappa shape index (κ1) is 16.5. The minimum absolute atomic E-state index is 0.0295. The number of urea groups is 1. The number of hydrogen-bond donors (Lipinski definition) is 4. The molecule has 0 aromatic heterocycles. The van der Waals surface area contributed by atoms with Crippen LogP contribution in [0.3, 0.4) is 0 Å². The quantitative estimate of drug-likeness (QED) is 0.654. The van der Waals surface area contributed by atoms with Gasteiger partial charge in [-0.2, -0.15) is 0 Å². The molecule has 0 aliphatic rings. The zero-order chi connectivity index (χ0) is 16.2. The highest BCUT2D eigenvalue weighted by atomic mass is 16.4. The van der Waals surface area contributed by atoms with E-state index in [1.165, 1.54) is 6.07 Å². The van der Waals surface area contributed by atoms with Crippen molar-refractivity contribution >= 4 is 23.6 Å². The van der Waals surface area contributed by atoms with Gasteiger partial charge in [-0.15, -0.1) is 0 Å². The van der Waals surface area contributed by atoms with Gasteiger partial charge in [0.1, 0.15) is 0 Å². The van der Waals surface area contributed by atoms with Crippen molar-refractivity contribution in [1.82, 2.24) is 5.32 Å². The van der Waals surface area contributed by atoms with Gasteiger partial charge in [-0.05, 0) is 32.4 Å². The van der Waals surface area contributed by atoms with E-state index in [1.54, 1.807) is 32.9 Å². The lowest BCUT2D eigenvalue weighted by Gasteiger charge is -2.21. The van der Waals surface area contributed by atoms with E-state index in [4.69, 9.17) is 10.8 Å². The van der Waals surface area contributed by atoms with Crippen molar-refractivity contribution in [2.45, 2.75) is 20.8 Å². The van der Waals surface area contributed by atoms with Crippen molar-refractivity contribution in [3.8, 4) is 0 Å². The van der Waals surface area contributed by atoms with Crippen molar-refractivity contribution in [2.24, 2.45) is 11.1 Å². The number of aromatic carboxylic acids is 1. The largest absolute Gasteiger partial charge is 0.478 e. The Labute approximate surface area is 122 Å². The van der Waals surface area contributed by atoms with Gasteiger partial charge in [0.05, 0.1) is 16.7 Å². The summed E-state index contributed by atoms with van der Waals surface area (Å²) in [6.45, 7) is 4.89. The highest BCUT2D eigenvalue weighted by Gasteiger charge is 2.25. The SMILES string of the molecule is Cc1cccc(NC(=O)NCC(C)(C)C(N)=O)c1C(=O)O. The monoisotopic (exact) mass is 293 g/mol. The first-order valence-corrected chi connectivity index (χ1v) is 6.33. The molecule has 0 saturated carbocycles. The van der Waals surface area contributed by atoms with Crippen molar-refractivity contribution in [3.05, 3.63) is 29.3 Å². The van der Waals surface area contributed by atoms with Crippen molar-refractivity contribution < 1.29 is 19.5 Å². The molecule has 7 heteroatoms. The van der Waals surface area contributed by atoms with Gasteiger partial charge in [0, 0.05) is 6.54 Å². The van der Waals surface area contributed by atoms with Gasteiger partial charge in [0.15, 0.2) is 0 Å². The van der Waals surface area contributed by atoms with E-state index < -0.39 is 23.3 Å². The second kappa shape index (κ2) is 6.25. The Hall–Kier alpha value is -2.57. The summed E-state index contributed by atoms with van der Waals surface area (Å²) < 4.78 is 0. The molecule has 3 amide bonds. The molecular weight excluding hydrogens is 274 g/mol. The zero-order valence-electron chi connectivity index (χ0n) is 12.2. The molecule has 7 nitrogen and oxygen atoms in total. The number of carbonyl (C=O) groups excluding carboxylic acids is 2. The number of rotatable bonds is 5. The lowest BCUT2D eigenvalue weighted by molar-refractivity contribution is -0.125. The third kappa shape index (κ3) is 4.20. The highest BCUT2D eigenvalue weighted by Crippen LogP contribution is 2.19. The number of amides is 3. The minimum Gasteiger partial charge on any atom is -0.478 e. The van der Waals surface area contributed by atoms with Crippen molar-refractivity contribution in [2.75, 3.05) is 11.9 Å². The van der Waals surface area contributed by atoms with E-state index in [0.29, 0.717) is 5.56 Å². The molecule has 0 aliphatic carbocycles. The fourth-order valence-corrected chi connectivity index (χ4v) is 1.61. The van der Waals surface area contributed by atoms with Crippen LogP contribution in [0.15, 0.2) is 18.2 Å². The molecule has 5 N–H and O–H groups in total. The average molecular weight is 293 g/mol. The maximum absolute atomic E-state index is 11.8. The number of carbonyl (C=O) groups is 3. The lowest BCUT2D eigenvalue weighted by Crippen LogP contribution is -2.43. The van der Waals surface area contributed by atoms with Crippen LogP contribution in [0.4, 0.5) is 10.5 Å². The molecule has 0 unspecified atom stereocenters. The molecule has 0 saturated heterocycles. The lowest BCUT2D eigenvalue weighted by atomic mass is 9.93. The number of nitrogens with two attached hydrogens (primary N) is 1. The number of anilines is 1. The molecule has 0 heterocycles. The number of carboxylic acid groups (broad SMARTS) is 1. The van der Waals surface area contributed by atoms with Crippen LogP contribution >= 0.6 is 0 Å². The van der Waals surface area contributed by atoms with E-state index in [2.05, 4.69) is 10.6 Å². The van der Waals surface area contributed by atoms with Gasteiger partial charge in [-0.25, -0.2) is 9.59 Å². The standard InChI is InChI=1S/C14H19N3O4/c1-8-5-4-6-9(10(8)11(18)19)17-13(21)16-7-14(2,3)12(15)20/h4-6H,7H2,1-3H3,(H2,15,20)(H,18,19)(H2,16,17,21). The van der Waals surface area contributed by atoms with Crippen LogP contribution in [0, 0.1) is 12.3 Å². The smallest absolute Gasteiger partial charge is 0.338 e. The van der Waals surface area contributed by atoms with E-state index >= 15 is 0 Å². The predicted octanol–water partition coefficient (Wildman–Crippen LogP) is 1.33. The van der Waals surface area contributed by atoms with Crippen LogP contribution in [0.5, 0.6) is 0 Å². The summed E-state index contributed by atoms with van der Waals surface area (Å²) in [4.78, 5) is 34.2. The summed E-state index contributed by atoms with van der Waals surface area (Å²) in [6, 6.07) is 4.18. The topological polar surface area (TPSA) is 122 Å². The molecule has 0 aliphatic heterocycles. The molecule has 1 rings (SSSR count). The van der Waals surface area contributed by atoms with Crippen molar-refractivity contribution in [1.29, 1.82) is 0 Å². The molecule has 1 aromatic rings. The summed E-state index contributed by atoms with van der Waals surface area (Å²) in [5, 5.41) is 14.1. The Bertz CT molecular complexity index is 582. The Balaban J connectivity index is 2.79. The Morgan fingerprint density at radius 2 is 1.90 bits per heavy atom. The van der Waals surface area contributed by atoms with Crippen LogP contribution in [-0.4, -0.2) is 29.6 Å². The summed E-state index contributed by atoms with van der Waals surface area (Å²) in [5.74, 6) is -1.66. The number of nitrogens with one attached hydrogen (secondary N) is 2.